The maximum atomic E-state index is 13.5. The number of hydrogen-bond acceptors (Lipinski definition) is 5. The fourth-order valence-corrected chi connectivity index (χ4v) is 6.54. The van der Waals surface area contributed by atoms with Gasteiger partial charge >= 0.3 is 0 Å². The van der Waals surface area contributed by atoms with Crippen LogP contribution in [-0.2, 0) is 14.8 Å². The molecule has 2 aliphatic rings. The van der Waals surface area contributed by atoms with E-state index in [1.54, 1.807) is 17.5 Å². The van der Waals surface area contributed by atoms with E-state index in [1.165, 1.54) is 33.8 Å². The molecule has 1 aromatic heterocycles. The number of rotatable bonds is 2. The van der Waals surface area contributed by atoms with Crippen molar-refractivity contribution in [2.75, 3.05) is 25.0 Å². The average Bonchev–Trinajstić information content (AvgIpc) is 3.20. The second-order valence-corrected chi connectivity index (χ2v) is 10.2. The minimum Gasteiger partial charge on any atom is -0.491 e. The van der Waals surface area contributed by atoms with Gasteiger partial charge in [0.2, 0.25) is 5.91 Å². The van der Waals surface area contributed by atoms with Crippen LogP contribution in [-0.4, -0.2) is 38.3 Å². The van der Waals surface area contributed by atoms with Crippen molar-refractivity contribution in [3.05, 3.63) is 41.5 Å². The molecule has 4 rings (SSSR count). The second-order valence-electron chi connectivity index (χ2n) is 7.13. The number of carbonyl (C=O) groups is 1. The van der Waals surface area contributed by atoms with E-state index in [9.17, 15) is 17.6 Å². The summed E-state index contributed by atoms with van der Waals surface area (Å²) in [4.78, 5) is 12.5. The molecule has 1 aromatic carbocycles. The molecular formula is C19H21FN2O4S2. The van der Waals surface area contributed by atoms with Crippen LogP contribution < -0.4 is 10.1 Å². The van der Waals surface area contributed by atoms with Crippen molar-refractivity contribution in [3.8, 4) is 5.75 Å². The van der Waals surface area contributed by atoms with Crippen LogP contribution in [0.4, 0.5) is 10.1 Å². The standard InChI is InChI=1S/C19H21FN2O4S2/c20-15-3-4-17-16(11-15)21-18(23)10-13-5-7-22(12-14(13)6-8-26-17)28(24,25)19-2-1-9-27-19/h1-4,9,11,13-14H,5-8,10,12H2,(H,21,23)/t13-,14-/m0/s1. The first-order valence-electron chi connectivity index (χ1n) is 9.19. The number of thiophene rings is 1. The van der Waals surface area contributed by atoms with E-state index in [0.29, 0.717) is 48.2 Å². The van der Waals surface area contributed by atoms with Gasteiger partial charge < -0.3 is 10.1 Å². The van der Waals surface area contributed by atoms with Crippen LogP contribution in [0, 0.1) is 17.7 Å². The van der Waals surface area contributed by atoms with Gasteiger partial charge in [0.1, 0.15) is 15.8 Å². The van der Waals surface area contributed by atoms with Gasteiger partial charge in [0, 0.05) is 25.6 Å². The monoisotopic (exact) mass is 424 g/mol. The number of ether oxygens (including phenoxy) is 1. The molecule has 0 bridgehead atoms. The number of carbonyl (C=O) groups excluding carboxylic acids is 1. The Hall–Kier alpha value is -1.97. The topological polar surface area (TPSA) is 75.7 Å². The summed E-state index contributed by atoms with van der Waals surface area (Å²) in [6, 6.07) is 7.38. The first-order valence-corrected chi connectivity index (χ1v) is 11.5. The zero-order chi connectivity index (χ0) is 19.7. The number of fused-ring (bicyclic) bond motifs is 2. The van der Waals surface area contributed by atoms with E-state index in [-0.39, 0.29) is 24.2 Å². The Labute approximate surface area is 167 Å². The molecule has 0 saturated carbocycles. The van der Waals surface area contributed by atoms with Gasteiger partial charge in [0.05, 0.1) is 12.3 Å². The predicted molar refractivity (Wildman–Crippen MR) is 104 cm³/mol. The van der Waals surface area contributed by atoms with E-state index >= 15 is 0 Å². The summed E-state index contributed by atoms with van der Waals surface area (Å²) in [5.41, 5.74) is 0.334. The number of anilines is 1. The molecular weight excluding hydrogens is 403 g/mol. The lowest BCUT2D eigenvalue weighted by molar-refractivity contribution is -0.117. The molecule has 28 heavy (non-hydrogen) atoms. The molecule has 1 N–H and O–H groups in total. The number of nitrogens with one attached hydrogen (secondary N) is 1. The maximum absolute atomic E-state index is 13.5. The predicted octanol–water partition coefficient (Wildman–Crippen LogP) is 3.33. The number of halogens is 1. The highest BCUT2D eigenvalue weighted by molar-refractivity contribution is 7.91. The Morgan fingerprint density at radius 1 is 1.21 bits per heavy atom. The third-order valence-corrected chi connectivity index (χ3v) is 8.59. The van der Waals surface area contributed by atoms with Gasteiger partial charge in [-0.3, -0.25) is 4.79 Å². The number of sulfonamides is 1. The van der Waals surface area contributed by atoms with Crippen LogP contribution in [0.1, 0.15) is 19.3 Å². The molecule has 3 heterocycles. The Morgan fingerprint density at radius 2 is 2.07 bits per heavy atom. The molecule has 1 amide bonds. The number of nitrogens with zero attached hydrogens (tertiary/aromatic N) is 1. The van der Waals surface area contributed by atoms with E-state index in [1.807, 2.05) is 0 Å². The number of benzene rings is 1. The molecule has 1 fully saturated rings. The van der Waals surface area contributed by atoms with Crippen molar-refractivity contribution < 1.29 is 22.3 Å². The quantitative estimate of drug-likeness (QED) is 0.802. The Morgan fingerprint density at radius 3 is 2.86 bits per heavy atom. The molecule has 2 aliphatic heterocycles. The molecule has 0 aliphatic carbocycles. The summed E-state index contributed by atoms with van der Waals surface area (Å²) in [5.74, 6) is -0.136. The van der Waals surface area contributed by atoms with Gasteiger partial charge in [0.15, 0.2) is 0 Å². The smallest absolute Gasteiger partial charge is 0.252 e. The van der Waals surface area contributed by atoms with Crippen molar-refractivity contribution in [1.82, 2.24) is 4.31 Å². The highest BCUT2D eigenvalue weighted by Crippen LogP contribution is 2.35. The molecule has 2 aromatic rings. The fourth-order valence-electron chi connectivity index (χ4n) is 3.88. The minimum atomic E-state index is -3.50. The molecule has 9 heteroatoms. The lowest BCUT2D eigenvalue weighted by Gasteiger charge is -2.38. The molecule has 150 valence electrons. The van der Waals surface area contributed by atoms with Crippen LogP contribution in [0.2, 0.25) is 0 Å². The zero-order valence-corrected chi connectivity index (χ0v) is 16.8. The summed E-state index contributed by atoms with van der Waals surface area (Å²) in [6.07, 6.45) is 1.53. The van der Waals surface area contributed by atoms with Crippen LogP contribution in [0.15, 0.2) is 39.9 Å². The molecule has 1 saturated heterocycles. The lowest BCUT2D eigenvalue weighted by atomic mass is 9.82. The van der Waals surface area contributed by atoms with E-state index in [4.69, 9.17) is 4.74 Å². The maximum Gasteiger partial charge on any atom is 0.252 e. The Kier molecular flexibility index (Phi) is 5.39. The summed E-state index contributed by atoms with van der Waals surface area (Å²) < 4.78 is 46.8. The molecule has 6 nitrogen and oxygen atoms in total. The average molecular weight is 425 g/mol. The third-order valence-electron chi connectivity index (χ3n) is 5.35. The number of hydrogen-bond donors (Lipinski definition) is 1. The highest BCUT2D eigenvalue weighted by Gasteiger charge is 2.37. The SMILES string of the molecule is O=C1C[C@@H]2CCN(S(=O)(=O)c3cccs3)C[C@@H]2CCOc2ccc(F)cc2N1. The number of piperidine rings is 1. The summed E-state index contributed by atoms with van der Waals surface area (Å²) in [5, 5.41) is 4.49. The van der Waals surface area contributed by atoms with E-state index in [2.05, 4.69) is 5.32 Å². The molecule has 0 spiro atoms. The van der Waals surface area contributed by atoms with Gasteiger partial charge in [-0.05, 0) is 48.3 Å². The van der Waals surface area contributed by atoms with Gasteiger partial charge in [-0.25, -0.2) is 12.8 Å². The van der Waals surface area contributed by atoms with Crippen molar-refractivity contribution in [3.63, 3.8) is 0 Å². The van der Waals surface area contributed by atoms with E-state index in [0.717, 1.165) is 0 Å². The fraction of sp³-hybridized carbons (Fsp3) is 0.421. The molecule has 0 radical (unpaired) electrons. The molecule has 0 unspecified atom stereocenters. The third kappa shape index (κ3) is 3.92. The normalized spacial score (nSPS) is 23.8. The zero-order valence-electron chi connectivity index (χ0n) is 15.1. The van der Waals surface area contributed by atoms with Crippen molar-refractivity contribution in [2.45, 2.75) is 23.5 Å². The van der Waals surface area contributed by atoms with Gasteiger partial charge in [0.25, 0.3) is 10.0 Å². The first-order chi connectivity index (χ1) is 13.4. The molecule has 2 atom stereocenters. The van der Waals surface area contributed by atoms with Crippen molar-refractivity contribution >= 4 is 33.0 Å². The van der Waals surface area contributed by atoms with Crippen molar-refractivity contribution in [1.29, 1.82) is 0 Å². The Bertz CT molecular complexity index is 962. The lowest BCUT2D eigenvalue weighted by Crippen LogP contribution is -2.45. The van der Waals surface area contributed by atoms with Crippen LogP contribution >= 0.6 is 11.3 Å². The summed E-state index contributed by atoms with van der Waals surface area (Å²) >= 11 is 1.21. The first kappa shape index (κ1) is 19.4. The highest BCUT2D eigenvalue weighted by atomic mass is 32.2. The van der Waals surface area contributed by atoms with Crippen LogP contribution in [0.3, 0.4) is 0 Å². The van der Waals surface area contributed by atoms with Crippen LogP contribution in [0.5, 0.6) is 5.75 Å². The summed E-state index contributed by atoms with van der Waals surface area (Å²) in [6.45, 7) is 1.14. The second kappa shape index (κ2) is 7.81. The number of amides is 1. The Balaban J connectivity index is 1.53. The van der Waals surface area contributed by atoms with E-state index < -0.39 is 15.8 Å². The van der Waals surface area contributed by atoms with Crippen LogP contribution in [0.25, 0.3) is 0 Å². The van der Waals surface area contributed by atoms with Gasteiger partial charge in [-0.2, -0.15) is 4.31 Å². The largest absolute Gasteiger partial charge is 0.491 e. The van der Waals surface area contributed by atoms with Gasteiger partial charge in [-0.15, -0.1) is 11.3 Å². The van der Waals surface area contributed by atoms with Crippen molar-refractivity contribution in [2.24, 2.45) is 11.8 Å². The summed E-state index contributed by atoms with van der Waals surface area (Å²) in [7, 11) is -3.50. The minimum absolute atomic E-state index is 0.0243. The van der Waals surface area contributed by atoms with Gasteiger partial charge in [-0.1, -0.05) is 6.07 Å².